The fourth-order valence-electron chi connectivity index (χ4n) is 2.72. The van der Waals surface area contributed by atoms with Crippen molar-refractivity contribution in [2.75, 3.05) is 13.1 Å². The summed E-state index contributed by atoms with van der Waals surface area (Å²) in [6.07, 6.45) is 2.18. The quantitative estimate of drug-likeness (QED) is 0.750. The summed E-state index contributed by atoms with van der Waals surface area (Å²) in [4.78, 5) is 25.7. The number of hydrogen-bond donors (Lipinski definition) is 1. The maximum Gasteiger partial charge on any atom is 0.231 e. The van der Waals surface area contributed by atoms with Crippen LogP contribution in [0.1, 0.15) is 30.6 Å². The Morgan fingerprint density at radius 2 is 2.00 bits per heavy atom. The third-order valence-electron chi connectivity index (χ3n) is 3.99. The Balaban J connectivity index is 2.32. The second-order valence-corrected chi connectivity index (χ2v) is 6.05. The first-order valence-corrected chi connectivity index (χ1v) is 7.94. The van der Waals surface area contributed by atoms with E-state index >= 15 is 0 Å². The molecule has 2 N–H and O–H groups in total. The minimum Gasteiger partial charge on any atom is -0.369 e. The van der Waals surface area contributed by atoms with Crippen molar-refractivity contribution in [1.29, 1.82) is 5.26 Å². The molecule has 0 atom stereocenters. The molecule has 0 saturated carbocycles. The second-order valence-electron chi connectivity index (χ2n) is 6.05. The highest BCUT2D eigenvalue weighted by Crippen LogP contribution is 2.22. The van der Waals surface area contributed by atoms with Crippen molar-refractivity contribution >= 4 is 22.6 Å². The van der Waals surface area contributed by atoms with Crippen LogP contribution in [0.2, 0.25) is 0 Å². The van der Waals surface area contributed by atoms with E-state index in [2.05, 4.69) is 6.07 Å². The van der Waals surface area contributed by atoms with Gasteiger partial charge < -0.3 is 10.3 Å². The Hall–Kier alpha value is -2.65. The largest absolute Gasteiger partial charge is 0.369 e. The van der Waals surface area contributed by atoms with Crippen LogP contribution in [0.15, 0.2) is 30.5 Å². The van der Waals surface area contributed by atoms with Gasteiger partial charge >= 0.3 is 0 Å². The van der Waals surface area contributed by atoms with E-state index in [0.29, 0.717) is 18.5 Å². The number of primary amides is 1. The van der Waals surface area contributed by atoms with Gasteiger partial charge in [0.15, 0.2) is 5.78 Å². The second kappa shape index (κ2) is 7.75. The van der Waals surface area contributed by atoms with Crippen LogP contribution in [0.5, 0.6) is 0 Å². The van der Waals surface area contributed by atoms with E-state index in [-0.39, 0.29) is 24.9 Å². The molecule has 126 valence electrons. The standard InChI is InChI=1S/C18H22N4O2/c1-13(2)22(12-18(20)24)11-17(23)15-10-21(9-5-8-19)16-7-4-3-6-14(15)16/h3-4,6-7,10,13H,5,9,11-12H2,1-2H3,(H2,20,24). The van der Waals surface area contributed by atoms with Gasteiger partial charge in [-0.3, -0.25) is 14.5 Å². The first kappa shape index (κ1) is 17.7. The third kappa shape index (κ3) is 4.00. The van der Waals surface area contributed by atoms with Crippen molar-refractivity contribution in [3.63, 3.8) is 0 Å². The molecule has 0 fully saturated rings. The fraction of sp³-hybridized carbons (Fsp3) is 0.389. The number of Topliss-reactive ketones (excluding diaryl/α,β-unsaturated/α-hetero) is 1. The molecule has 2 rings (SSSR count). The van der Waals surface area contributed by atoms with Gasteiger partial charge in [0.25, 0.3) is 0 Å². The molecule has 0 aliphatic heterocycles. The molecule has 0 aliphatic carbocycles. The third-order valence-corrected chi connectivity index (χ3v) is 3.99. The topological polar surface area (TPSA) is 92.1 Å². The average Bonchev–Trinajstić information content (AvgIpc) is 2.90. The molecule has 24 heavy (non-hydrogen) atoms. The van der Waals surface area contributed by atoms with Crippen LogP contribution in [0, 0.1) is 11.3 Å². The van der Waals surface area contributed by atoms with Crippen LogP contribution < -0.4 is 5.73 Å². The lowest BCUT2D eigenvalue weighted by atomic mass is 10.1. The molecule has 0 saturated heterocycles. The van der Waals surface area contributed by atoms with Crippen molar-refractivity contribution in [2.24, 2.45) is 5.73 Å². The van der Waals surface area contributed by atoms with Gasteiger partial charge in [-0.15, -0.1) is 0 Å². The summed E-state index contributed by atoms with van der Waals surface area (Å²) >= 11 is 0. The molecule has 0 spiro atoms. The predicted molar refractivity (Wildman–Crippen MR) is 92.4 cm³/mol. The molecule has 1 aromatic heterocycles. The Bertz CT molecular complexity index is 786. The van der Waals surface area contributed by atoms with Gasteiger partial charge in [0, 0.05) is 35.2 Å². The van der Waals surface area contributed by atoms with Crippen molar-refractivity contribution < 1.29 is 9.59 Å². The van der Waals surface area contributed by atoms with E-state index in [1.54, 1.807) is 11.1 Å². The van der Waals surface area contributed by atoms with Crippen molar-refractivity contribution in [1.82, 2.24) is 9.47 Å². The highest BCUT2D eigenvalue weighted by molar-refractivity contribution is 6.09. The highest BCUT2D eigenvalue weighted by Gasteiger charge is 2.20. The molecule has 0 bridgehead atoms. The Morgan fingerprint density at radius 1 is 1.29 bits per heavy atom. The number of aromatic nitrogens is 1. The Morgan fingerprint density at radius 3 is 2.62 bits per heavy atom. The van der Waals surface area contributed by atoms with Gasteiger partial charge in [-0.05, 0) is 19.9 Å². The SMILES string of the molecule is CC(C)N(CC(N)=O)CC(=O)c1cn(CCC#N)c2ccccc12. The minimum absolute atomic E-state index is 0.0355. The van der Waals surface area contributed by atoms with Gasteiger partial charge in [0.2, 0.25) is 5.91 Å². The summed E-state index contributed by atoms with van der Waals surface area (Å²) in [5.74, 6) is -0.509. The van der Waals surface area contributed by atoms with Gasteiger partial charge in [0.1, 0.15) is 0 Å². The lowest BCUT2D eigenvalue weighted by Crippen LogP contribution is -2.41. The lowest BCUT2D eigenvalue weighted by Gasteiger charge is -2.23. The van der Waals surface area contributed by atoms with Crippen molar-refractivity contribution in [3.8, 4) is 6.07 Å². The average molecular weight is 326 g/mol. The number of hydrogen-bond acceptors (Lipinski definition) is 4. The molecule has 6 nitrogen and oxygen atoms in total. The van der Waals surface area contributed by atoms with E-state index in [1.165, 1.54) is 0 Å². The van der Waals surface area contributed by atoms with E-state index in [1.807, 2.05) is 42.7 Å². The Labute approximate surface area is 141 Å². The van der Waals surface area contributed by atoms with Crippen LogP contribution >= 0.6 is 0 Å². The number of ketones is 1. The van der Waals surface area contributed by atoms with Crippen LogP contribution in [0.3, 0.4) is 0 Å². The van der Waals surface area contributed by atoms with Gasteiger partial charge in [-0.2, -0.15) is 5.26 Å². The summed E-state index contributed by atoms with van der Waals surface area (Å²) in [5.41, 5.74) is 6.81. The number of nitrogens with zero attached hydrogens (tertiary/aromatic N) is 3. The van der Waals surface area contributed by atoms with Crippen molar-refractivity contribution in [3.05, 3.63) is 36.0 Å². The first-order valence-electron chi connectivity index (χ1n) is 7.94. The van der Waals surface area contributed by atoms with Gasteiger partial charge in [-0.1, -0.05) is 18.2 Å². The number of aryl methyl sites for hydroxylation is 1. The number of nitriles is 1. The normalized spacial score (nSPS) is 11.1. The minimum atomic E-state index is -0.451. The number of para-hydroxylation sites is 1. The van der Waals surface area contributed by atoms with E-state index < -0.39 is 5.91 Å². The van der Waals surface area contributed by atoms with Crippen LogP contribution in [0.25, 0.3) is 10.9 Å². The zero-order valence-electron chi connectivity index (χ0n) is 14.0. The molecule has 1 heterocycles. The number of fused-ring (bicyclic) bond motifs is 1. The molecule has 0 unspecified atom stereocenters. The molecule has 2 aromatic rings. The summed E-state index contributed by atoms with van der Waals surface area (Å²) < 4.78 is 1.93. The number of benzene rings is 1. The maximum atomic E-state index is 12.8. The molecule has 0 aliphatic rings. The zero-order chi connectivity index (χ0) is 17.7. The number of amides is 1. The van der Waals surface area contributed by atoms with Crippen LogP contribution in [0.4, 0.5) is 0 Å². The van der Waals surface area contributed by atoms with Gasteiger partial charge in [0.05, 0.1) is 25.6 Å². The van der Waals surface area contributed by atoms with E-state index in [9.17, 15) is 9.59 Å². The monoisotopic (exact) mass is 326 g/mol. The lowest BCUT2D eigenvalue weighted by molar-refractivity contribution is -0.119. The highest BCUT2D eigenvalue weighted by atomic mass is 16.1. The maximum absolute atomic E-state index is 12.8. The summed E-state index contributed by atoms with van der Waals surface area (Å²) in [6, 6.07) is 9.79. The summed E-state index contributed by atoms with van der Waals surface area (Å²) in [6.45, 7) is 4.57. The number of rotatable bonds is 8. The smallest absolute Gasteiger partial charge is 0.231 e. The fourth-order valence-corrected chi connectivity index (χ4v) is 2.72. The van der Waals surface area contributed by atoms with E-state index in [0.717, 1.165) is 10.9 Å². The summed E-state index contributed by atoms with van der Waals surface area (Å²) in [7, 11) is 0. The molecule has 1 aromatic carbocycles. The number of nitrogens with two attached hydrogens (primary N) is 1. The Kier molecular flexibility index (Phi) is 5.72. The molecule has 6 heteroatoms. The molecule has 0 radical (unpaired) electrons. The molecule has 1 amide bonds. The van der Waals surface area contributed by atoms with Crippen molar-refractivity contribution in [2.45, 2.75) is 32.9 Å². The number of carbonyl (C=O) groups excluding carboxylic acids is 2. The zero-order valence-corrected chi connectivity index (χ0v) is 14.0. The van der Waals surface area contributed by atoms with Gasteiger partial charge in [-0.25, -0.2) is 0 Å². The predicted octanol–water partition coefficient (Wildman–Crippen LogP) is 1.93. The molecular formula is C18H22N4O2. The van der Waals surface area contributed by atoms with Crippen LogP contribution in [-0.4, -0.2) is 40.3 Å². The number of carbonyl (C=O) groups is 2. The van der Waals surface area contributed by atoms with E-state index in [4.69, 9.17) is 11.0 Å². The first-order chi connectivity index (χ1) is 11.4. The summed E-state index contributed by atoms with van der Waals surface area (Å²) in [5, 5.41) is 9.66. The van der Waals surface area contributed by atoms with Crippen LogP contribution in [-0.2, 0) is 11.3 Å². The molecular weight excluding hydrogens is 304 g/mol.